The van der Waals surface area contributed by atoms with Gasteiger partial charge in [-0.15, -0.1) is 0 Å². The molecule has 3 nitrogen and oxygen atoms in total. The van der Waals surface area contributed by atoms with Crippen molar-refractivity contribution in [2.45, 2.75) is 20.1 Å². The van der Waals surface area contributed by atoms with Crippen LogP contribution in [0.15, 0.2) is 16.6 Å². The lowest BCUT2D eigenvalue weighted by Gasteiger charge is -2.18. The zero-order chi connectivity index (χ0) is 13.5. The van der Waals surface area contributed by atoms with E-state index in [1.165, 1.54) is 0 Å². The maximum absolute atomic E-state index is 13.2. The Bertz CT molecular complexity index is 382. The third kappa shape index (κ3) is 4.51. The summed E-state index contributed by atoms with van der Waals surface area (Å²) in [6, 6.07) is 1.88. The summed E-state index contributed by atoms with van der Waals surface area (Å²) in [5.74, 6) is -1.33. The predicted molar refractivity (Wildman–Crippen MR) is 66.6 cm³/mol. The Hall–Kier alpha value is -0.720. The topological polar surface area (TPSA) is 27.7 Å². The molecule has 0 aromatic heterocycles. The monoisotopic (exact) mass is 324 g/mol. The van der Waals surface area contributed by atoms with Crippen LogP contribution in [0.4, 0.5) is 8.78 Å². The molecule has 1 aromatic carbocycles. The minimum atomic E-state index is -0.714. The van der Waals surface area contributed by atoms with Crippen LogP contribution in [0, 0.1) is 11.6 Å². The molecule has 0 aliphatic rings. The van der Waals surface area contributed by atoms with Gasteiger partial charge in [-0.25, -0.2) is 8.78 Å². The molecule has 0 radical (unpaired) electrons. The first-order chi connectivity index (χ1) is 8.58. The van der Waals surface area contributed by atoms with Crippen LogP contribution in [0.5, 0.6) is 5.75 Å². The minimum absolute atomic E-state index is 0.0587. The molecule has 6 heteroatoms. The van der Waals surface area contributed by atoms with E-state index in [1.54, 1.807) is 0 Å². The molecule has 0 aliphatic heterocycles. The quantitative estimate of drug-likeness (QED) is 0.567. The van der Waals surface area contributed by atoms with Crippen molar-refractivity contribution < 1.29 is 23.0 Å². The van der Waals surface area contributed by atoms with Gasteiger partial charge in [0.05, 0.1) is 4.47 Å². The third-order valence-corrected chi connectivity index (χ3v) is 2.81. The molecule has 0 saturated heterocycles. The number of rotatable bonds is 7. The van der Waals surface area contributed by atoms with Gasteiger partial charge in [0.15, 0.2) is 6.29 Å². The highest BCUT2D eigenvalue weighted by molar-refractivity contribution is 9.10. The lowest BCUT2D eigenvalue weighted by molar-refractivity contribution is -0.152. The molecular weight excluding hydrogens is 310 g/mol. The fraction of sp³-hybridized carbons (Fsp3) is 0.500. The summed E-state index contributed by atoms with van der Waals surface area (Å²) in [6.45, 7) is 4.64. The predicted octanol–water partition coefficient (Wildman–Crippen LogP) is 3.51. The second-order valence-electron chi connectivity index (χ2n) is 3.35. The Morgan fingerprint density at radius 3 is 2.33 bits per heavy atom. The summed E-state index contributed by atoms with van der Waals surface area (Å²) in [5, 5.41) is 0. The van der Waals surface area contributed by atoms with Crippen LogP contribution in [-0.4, -0.2) is 26.1 Å². The van der Waals surface area contributed by atoms with Gasteiger partial charge in [-0.2, -0.15) is 0 Å². The molecule has 1 rings (SSSR count). The van der Waals surface area contributed by atoms with Crippen LogP contribution in [-0.2, 0) is 9.47 Å². The van der Waals surface area contributed by atoms with Gasteiger partial charge < -0.3 is 14.2 Å². The summed E-state index contributed by atoms with van der Waals surface area (Å²) >= 11 is 2.99. The molecular formula is C12H15BrF2O3. The lowest BCUT2D eigenvalue weighted by Crippen LogP contribution is -2.25. The van der Waals surface area contributed by atoms with Gasteiger partial charge in [-0.3, -0.25) is 0 Å². The first kappa shape index (κ1) is 15.3. The van der Waals surface area contributed by atoms with Crippen LogP contribution < -0.4 is 4.74 Å². The van der Waals surface area contributed by atoms with Crippen LogP contribution in [0.3, 0.4) is 0 Å². The molecule has 0 bridgehead atoms. The Balaban J connectivity index is 2.66. The van der Waals surface area contributed by atoms with Crippen LogP contribution >= 0.6 is 15.9 Å². The second-order valence-corrected chi connectivity index (χ2v) is 4.14. The summed E-state index contributed by atoms with van der Waals surface area (Å²) in [7, 11) is 0. The Morgan fingerprint density at radius 2 is 1.78 bits per heavy atom. The van der Waals surface area contributed by atoms with Crippen molar-refractivity contribution >= 4 is 15.9 Å². The van der Waals surface area contributed by atoms with Crippen molar-refractivity contribution in [2.75, 3.05) is 19.8 Å². The van der Waals surface area contributed by atoms with E-state index in [4.69, 9.17) is 14.2 Å². The Labute approximate surface area is 113 Å². The zero-order valence-electron chi connectivity index (χ0n) is 10.2. The minimum Gasteiger partial charge on any atom is -0.487 e. The Morgan fingerprint density at radius 1 is 1.17 bits per heavy atom. The number of benzene rings is 1. The highest BCUT2D eigenvalue weighted by atomic mass is 79.9. The van der Waals surface area contributed by atoms with Crippen molar-refractivity contribution in [1.82, 2.24) is 0 Å². The average molecular weight is 325 g/mol. The maximum atomic E-state index is 13.2. The first-order valence-electron chi connectivity index (χ1n) is 5.59. The van der Waals surface area contributed by atoms with Gasteiger partial charge >= 0.3 is 0 Å². The summed E-state index contributed by atoms with van der Waals surface area (Å²) in [4.78, 5) is 0. The van der Waals surface area contributed by atoms with E-state index in [2.05, 4.69) is 15.9 Å². The fourth-order valence-electron chi connectivity index (χ4n) is 1.31. The van der Waals surface area contributed by atoms with Gasteiger partial charge in [-0.05, 0) is 29.8 Å². The molecule has 0 heterocycles. The van der Waals surface area contributed by atoms with Crippen molar-refractivity contribution in [3.63, 3.8) is 0 Å². The molecule has 102 valence electrons. The summed E-state index contributed by atoms with van der Waals surface area (Å²) in [5.41, 5.74) is 0. The Kier molecular flexibility index (Phi) is 6.52. The van der Waals surface area contributed by atoms with Crippen LogP contribution in [0.25, 0.3) is 0 Å². The lowest BCUT2D eigenvalue weighted by atomic mass is 10.3. The average Bonchev–Trinajstić information content (AvgIpc) is 2.32. The molecule has 0 aliphatic carbocycles. The highest BCUT2D eigenvalue weighted by Crippen LogP contribution is 2.29. The molecule has 0 fully saturated rings. The maximum Gasteiger partial charge on any atom is 0.191 e. The molecule has 1 aromatic rings. The van der Waals surface area contributed by atoms with Gasteiger partial charge in [-0.1, -0.05) is 0 Å². The first-order valence-corrected chi connectivity index (χ1v) is 6.38. The molecule has 0 amide bonds. The van der Waals surface area contributed by atoms with E-state index in [9.17, 15) is 8.78 Å². The van der Waals surface area contributed by atoms with Crippen LogP contribution in [0.1, 0.15) is 13.8 Å². The van der Waals surface area contributed by atoms with Crippen LogP contribution in [0.2, 0.25) is 0 Å². The molecule has 0 N–H and O–H groups in total. The molecule has 0 spiro atoms. The molecule has 18 heavy (non-hydrogen) atoms. The van der Waals surface area contributed by atoms with Gasteiger partial charge in [0, 0.05) is 25.3 Å². The molecule has 0 saturated carbocycles. The third-order valence-electron chi connectivity index (χ3n) is 2.04. The standard InChI is InChI=1S/C12H15BrF2O3/c1-3-16-11(17-4-2)7-18-10-6-8(14)5-9(15)12(10)13/h5-6,11H,3-4,7H2,1-2H3. The van der Waals surface area contributed by atoms with Gasteiger partial charge in [0.1, 0.15) is 24.0 Å². The van der Waals surface area contributed by atoms with E-state index in [1.807, 2.05) is 13.8 Å². The number of halogens is 3. The zero-order valence-corrected chi connectivity index (χ0v) is 11.8. The molecule has 0 unspecified atom stereocenters. The smallest absolute Gasteiger partial charge is 0.191 e. The van der Waals surface area contributed by atoms with E-state index in [0.717, 1.165) is 12.1 Å². The normalized spacial score (nSPS) is 11.0. The van der Waals surface area contributed by atoms with Crippen molar-refractivity contribution in [3.8, 4) is 5.75 Å². The largest absolute Gasteiger partial charge is 0.487 e. The summed E-state index contributed by atoms with van der Waals surface area (Å²) < 4.78 is 42.1. The van der Waals surface area contributed by atoms with E-state index >= 15 is 0 Å². The SMILES string of the molecule is CCOC(COc1cc(F)cc(F)c1Br)OCC. The number of hydrogen-bond acceptors (Lipinski definition) is 3. The van der Waals surface area contributed by atoms with E-state index in [0.29, 0.717) is 13.2 Å². The van der Waals surface area contributed by atoms with E-state index < -0.39 is 17.9 Å². The fourth-order valence-corrected chi connectivity index (χ4v) is 1.65. The van der Waals surface area contributed by atoms with Gasteiger partial charge in [0.25, 0.3) is 0 Å². The highest BCUT2D eigenvalue weighted by Gasteiger charge is 2.13. The van der Waals surface area contributed by atoms with Crippen molar-refractivity contribution in [3.05, 3.63) is 28.2 Å². The molecule has 0 atom stereocenters. The number of ether oxygens (including phenoxy) is 3. The van der Waals surface area contributed by atoms with Gasteiger partial charge in [0.2, 0.25) is 0 Å². The second kappa shape index (κ2) is 7.66. The number of hydrogen-bond donors (Lipinski definition) is 0. The van der Waals surface area contributed by atoms with Crippen molar-refractivity contribution in [2.24, 2.45) is 0 Å². The van der Waals surface area contributed by atoms with Crippen molar-refractivity contribution in [1.29, 1.82) is 0 Å². The summed E-state index contributed by atoms with van der Waals surface area (Å²) in [6.07, 6.45) is -0.557. The van der Waals surface area contributed by atoms with E-state index in [-0.39, 0.29) is 16.8 Å².